The van der Waals surface area contributed by atoms with Gasteiger partial charge in [-0.15, -0.1) is 0 Å². The number of nitrogens with one attached hydrogen (secondary N) is 4. The molecule has 162 valence electrons. The second-order valence-electron chi connectivity index (χ2n) is 7.30. The van der Waals surface area contributed by atoms with Crippen molar-refractivity contribution < 1.29 is 29.1 Å². The number of H-pyrrole nitrogens is 1. The van der Waals surface area contributed by atoms with E-state index < -0.39 is 48.4 Å². The van der Waals surface area contributed by atoms with Crippen molar-refractivity contribution in [2.24, 2.45) is 0 Å². The summed E-state index contributed by atoms with van der Waals surface area (Å²) in [5, 5.41) is 16.3. The molecule has 3 atom stereocenters. The van der Waals surface area contributed by atoms with E-state index in [9.17, 15) is 24.0 Å². The summed E-state index contributed by atoms with van der Waals surface area (Å²) in [4.78, 5) is 68.4. The zero-order valence-electron chi connectivity index (χ0n) is 16.2. The Balaban J connectivity index is 1.71. The van der Waals surface area contributed by atoms with Gasteiger partial charge in [0, 0.05) is 31.3 Å². The fourth-order valence-corrected chi connectivity index (χ4v) is 3.68. The van der Waals surface area contributed by atoms with Gasteiger partial charge in [-0.3, -0.25) is 24.0 Å². The van der Waals surface area contributed by atoms with E-state index in [1.165, 1.54) is 17.4 Å². The molecule has 3 heterocycles. The maximum absolute atomic E-state index is 13.2. The average Bonchev–Trinajstić information content (AvgIpc) is 3.46. The number of amides is 4. The molecule has 30 heavy (non-hydrogen) atoms. The molecular weight excluding hydrogens is 396 g/mol. The first-order valence-corrected chi connectivity index (χ1v) is 9.72. The van der Waals surface area contributed by atoms with Gasteiger partial charge in [-0.25, -0.2) is 4.98 Å². The molecule has 2 saturated heterocycles. The van der Waals surface area contributed by atoms with E-state index in [2.05, 4.69) is 25.9 Å². The molecule has 0 saturated carbocycles. The lowest BCUT2D eigenvalue weighted by molar-refractivity contribution is -0.142. The standard InChI is InChI=1S/C18H24N6O6/c25-14-4-3-11(22-14)16(28)23-12(6-10-7-19-9-21-10)18(30)24-5-1-2-13(24)17(29)20-8-15(26)27/h7,9,11-13H,1-6,8H2,(H,19,21)(H,20,29)(H,22,25)(H,23,28)(H,26,27). The van der Waals surface area contributed by atoms with Crippen LogP contribution < -0.4 is 16.0 Å². The number of hydrogen-bond acceptors (Lipinski definition) is 6. The van der Waals surface area contributed by atoms with Crippen LogP contribution in [0.25, 0.3) is 0 Å². The fourth-order valence-electron chi connectivity index (χ4n) is 3.68. The first-order chi connectivity index (χ1) is 14.3. The normalized spacial score (nSPS) is 21.7. The number of aromatic amines is 1. The molecular formula is C18H24N6O6. The minimum Gasteiger partial charge on any atom is -0.480 e. The molecule has 0 radical (unpaired) electrons. The number of hydrogen-bond donors (Lipinski definition) is 5. The highest BCUT2D eigenvalue weighted by Gasteiger charge is 2.39. The minimum atomic E-state index is -1.18. The SMILES string of the molecule is O=C(O)CNC(=O)C1CCCN1C(=O)C(Cc1cnc[nH]1)NC(=O)C1CCC(=O)N1. The van der Waals surface area contributed by atoms with Gasteiger partial charge in [0.15, 0.2) is 0 Å². The lowest BCUT2D eigenvalue weighted by Crippen LogP contribution is -2.56. The van der Waals surface area contributed by atoms with Crippen molar-refractivity contribution >= 4 is 29.6 Å². The highest BCUT2D eigenvalue weighted by atomic mass is 16.4. The van der Waals surface area contributed by atoms with Gasteiger partial charge < -0.3 is 30.9 Å². The lowest BCUT2D eigenvalue weighted by Gasteiger charge is -2.29. The van der Waals surface area contributed by atoms with E-state index >= 15 is 0 Å². The molecule has 1 aromatic rings. The van der Waals surface area contributed by atoms with Crippen molar-refractivity contribution in [3.8, 4) is 0 Å². The molecule has 0 bridgehead atoms. The van der Waals surface area contributed by atoms with Crippen LogP contribution in [0.15, 0.2) is 12.5 Å². The average molecular weight is 420 g/mol. The predicted octanol–water partition coefficient (Wildman–Crippen LogP) is -2.09. The zero-order valence-corrected chi connectivity index (χ0v) is 16.2. The van der Waals surface area contributed by atoms with Gasteiger partial charge in [-0.05, 0) is 19.3 Å². The third kappa shape index (κ3) is 5.13. The van der Waals surface area contributed by atoms with Crippen molar-refractivity contribution in [3.05, 3.63) is 18.2 Å². The zero-order chi connectivity index (χ0) is 21.7. The van der Waals surface area contributed by atoms with Gasteiger partial charge in [0.1, 0.15) is 24.7 Å². The van der Waals surface area contributed by atoms with E-state index in [0.717, 1.165) is 0 Å². The van der Waals surface area contributed by atoms with Gasteiger partial charge in [-0.1, -0.05) is 0 Å². The highest BCUT2D eigenvalue weighted by molar-refractivity contribution is 5.96. The van der Waals surface area contributed by atoms with E-state index in [0.29, 0.717) is 31.5 Å². The number of imidazole rings is 1. The van der Waals surface area contributed by atoms with Crippen LogP contribution in [0.4, 0.5) is 0 Å². The highest BCUT2D eigenvalue weighted by Crippen LogP contribution is 2.20. The van der Waals surface area contributed by atoms with Crippen molar-refractivity contribution in [1.29, 1.82) is 0 Å². The molecule has 3 rings (SSSR count). The van der Waals surface area contributed by atoms with Gasteiger partial charge in [0.05, 0.1) is 6.33 Å². The summed E-state index contributed by atoms with van der Waals surface area (Å²) in [5.74, 6) is -2.86. The first kappa shape index (κ1) is 21.3. The van der Waals surface area contributed by atoms with Crippen LogP contribution in [0.1, 0.15) is 31.4 Å². The van der Waals surface area contributed by atoms with Crippen molar-refractivity contribution in [2.75, 3.05) is 13.1 Å². The monoisotopic (exact) mass is 420 g/mol. The lowest BCUT2D eigenvalue weighted by atomic mass is 10.1. The summed E-state index contributed by atoms with van der Waals surface area (Å²) in [6, 6.07) is -2.48. The van der Waals surface area contributed by atoms with Crippen LogP contribution in [0, 0.1) is 0 Å². The molecule has 5 N–H and O–H groups in total. The van der Waals surface area contributed by atoms with Crippen LogP contribution in [-0.4, -0.2) is 80.8 Å². The largest absolute Gasteiger partial charge is 0.480 e. The third-order valence-corrected chi connectivity index (χ3v) is 5.16. The summed E-state index contributed by atoms with van der Waals surface area (Å²) in [6.07, 6.45) is 4.69. The smallest absolute Gasteiger partial charge is 0.322 e. The Kier molecular flexibility index (Phi) is 6.65. The van der Waals surface area contributed by atoms with Crippen LogP contribution in [0.5, 0.6) is 0 Å². The van der Waals surface area contributed by atoms with E-state index in [1.807, 2.05) is 0 Å². The Morgan fingerprint density at radius 1 is 1.27 bits per heavy atom. The Hall–Kier alpha value is -3.44. The summed E-state index contributed by atoms with van der Waals surface area (Å²) >= 11 is 0. The number of carbonyl (C=O) groups is 5. The Morgan fingerprint density at radius 3 is 2.70 bits per heavy atom. The number of aromatic nitrogens is 2. The minimum absolute atomic E-state index is 0.130. The summed E-state index contributed by atoms with van der Waals surface area (Å²) < 4.78 is 0. The number of nitrogens with zero attached hydrogens (tertiary/aromatic N) is 2. The second kappa shape index (κ2) is 9.37. The summed E-state index contributed by atoms with van der Waals surface area (Å²) in [5.41, 5.74) is 0.621. The van der Waals surface area contributed by atoms with Gasteiger partial charge in [0.2, 0.25) is 23.6 Å². The Bertz CT molecular complexity index is 825. The number of carboxylic acid groups (broad SMARTS) is 1. The van der Waals surface area contributed by atoms with Crippen molar-refractivity contribution in [3.63, 3.8) is 0 Å². The molecule has 12 heteroatoms. The molecule has 2 fully saturated rings. The quantitative estimate of drug-likeness (QED) is 0.320. The van der Waals surface area contributed by atoms with Gasteiger partial charge >= 0.3 is 5.97 Å². The summed E-state index contributed by atoms with van der Waals surface area (Å²) in [7, 11) is 0. The molecule has 1 aromatic heterocycles. The number of aliphatic carboxylic acids is 1. The van der Waals surface area contributed by atoms with Crippen molar-refractivity contribution in [1.82, 2.24) is 30.8 Å². The first-order valence-electron chi connectivity index (χ1n) is 9.72. The number of rotatable bonds is 8. The number of likely N-dealkylation sites (tertiary alicyclic amines) is 1. The second-order valence-corrected chi connectivity index (χ2v) is 7.30. The molecule has 4 amide bonds. The topological polar surface area (TPSA) is 174 Å². The van der Waals surface area contributed by atoms with Gasteiger partial charge in [-0.2, -0.15) is 0 Å². The van der Waals surface area contributed by atoms with Gasteiger partial charge in [0.25, 0.3) is 0 Å². The van der Waals surface area contributed by atoms with E-state index in [-0.39, 0.29) is 18.7 Å². The fraction of sp³-hybridized carbons (Fsp3) is 0.556. The molecule has 0 aromatic carbocycles. The molecule has 2 aliphatic rings. The van der Waals surface area contributed by atoms with Crippen molar-refractivity contribution in [2.45, 2.75) is 50.2 Å². The Morgan fingerprint density at radius 2 is 2.07 bits per heavy atom. The molecule has 2 aliphatic heterocycles. The van der Waals surface area contributed by atoms with Crippen LogP contribution in [0.3, 0.4) is 0 Å². The summed E-state index contributed by atoms with van der Waals surface area (Å²) in [6.45, 7) is -0.216. The van der Waals surface area contributed by atoms with E-state index in [1.54, 1.807) is 0 Å². The molecule has 0 spiro atoms. The maximum atomic E-state index is 13.2. The maximum Gasteiger partial charge on any atom is 0.322 e. The van der Waals surface area contributed by atoms with Crippen LogP contribution in [0.2, 0.25) is 0 Å². The van der Waals surface area contributed by atoms with Crippen LogP contribution in [-0.2, 0) is 30.4 Å². The molecule has 3 unspecified atom stereocenters. The van der Waals surface area contributed by atoms with E-state index in [4.69, 9.17) is 5.11 Å². The van der Waals surface area contributed by atoms with Crippen LogP contribution >= 0.6 is 0 Å². The Labute approximate surface area is 171 Å². The third-order valence-electron chi connectivity index (χ3n) is 5.16. The number of carbonyl (C=O) groups excluding carboxylic acids is 4. The number of carboxylic acids is 1. The predicted molar refractivity (Wildman–Crippen MR) is 101 cm³/mol. The molecule has 12 nitrogen and oxygen atoms in total. The molecule has 0 aliphatic carbocycles.